The van der Waals surface area contributed by atoms with E-state index in [1.165, 1.54) is 25.3 Å². The van der Waals surface area contributed by atoms with Crippen molar-refractivity contribution in [3.05, 3.63) is 59.2 Å². The number of carboxylic acids is 1. The molecule has 0 aliphatic rings. The Morgan fingerprint density at radius 1 is 1.00 bits per heavy atom. The van der Waals surface area contributed by atoms with Crippen molar-refractivity contribution < 1.29 is 24.5 Å². The average Bonchev–Trinajstić information content (AvgIpc) is 2.46. The van der Waals surface area contributed by atoms with E-state index in [0.29, 0.717) is 11.3 Å². The molecule has 20 heavy (non-hydrogen) atoms. The van der Waals surface area contributed by atoms with Crippen LogP contribution in [-0.2, 0) is 0 Å². The van der Waals surface area contributed by atoms with E-state index in [2.05, 4.69) is 0 Å². The second-order valence-corrected chi connectivity index (χ2v) is 4.06. The molecule has 2 aromatic rings. The van der Waals surface area contributed by atoms with Crippen LogP contribution in [0.4, 0.5) is 0 Å². The van der Waals surface area contributed by atoms with Gasteiger partial charge in [0, 0.05) is 5.56 Å². The zero-order valence-corrected chi connectivity index (χ0v) is 10.7. The number of rotatable bonds is 4. The lowest BCUT2D eigenvalue weighted by atomic mass is 10.00. The number of aromatic carboxylic acids is 1. The van der Waals surface area contributed by atoms with Gasteiger partial charge in [-0.25, -0.2) is 4.79 Å². The molecule has 0 heterocycles. The summed E-state index contributed by atoms with van der Waals surface area (Å²) >= 11 is 0. The molecule has 0 bridgehead atoms. The summed E-state index contributed by atoms with van der Waals surface area (Å²) in [5.74, 6) is -1.66. The Morgan fingerprint density at radius 2 is 1.60 bits per heavy atom. The van der Waals surface area contributed by atoms with Crippen molar-refractivity contribution in [1.29, 1.82) is 0 Å². The van der Waals surface area contributed by atoms with Crippen LogP contribution in [0.1, 0.15) is 26.3 Å². The van der Waals surface area contributed by atoms with Crippen LogP contribution in [0.2, 0.25) is 0 Å². The van der Waals surface area contributed by atoms with Crippen molar-refractivity contribution in [2.45, 2.75) is 0 Å². The Bertz CT molecular complexity index is 658. The second kappa shape index (κ2) is 5.44. The first kappa shape index (κ1) is 13.6. The normalized spacial score (nSPS) is 10.1. The van der Waals surface area contributed by atoms with E-state index < -0.39 is 17.5 Å². The van der Waals surface area contributed by atoms with Crippen molar-refractivity contribution in [2.24, 2.45) is 0 Å². The maximum absolute atomic E-state index is 12.2. The SMILES string of the molecule is COc1ccc(C(=O)c2cccc(C(=O)O)c2O)cc1. The average molecular weight is 272 g/mol. The van der Waals surface area contributed by atoms with E-state index in [9.17, 15) is 14.7 Å². The van der Waals surface area contributed by atoms with Gasteiger partial charge in [-0.2, -0.15) is 0 Å². The first-order valence-electron chi connectivity index (χ1n) is 5.78. The van der Waals surface area contributed by atoms with Crippen LogP contribution in [0.3, 0.4) is 0 Å². The molecule has 0 aliphatic heterocycles. The third-order valence-corrected chi connectivity index (χ3v) is 2.86. The highest BCUT2D eigenvalue weighted by Crippen LogP contribution is 2.25. The van der Waals surface area contributed by atoms with Crippen molar-refractivity contribution in [3.8, 4) is 11.5 Å². The third kappa shape index (κ3) is 2.47. The number of carbonyl (C=O) groups is 2. The summed E-state index contributed by atoms with van der Waals surface area (Å²) in [5, 5.41) is 18.8. The highest BCUT2D eigenvalue weighted by atomic mass is 16.5. The van der Waals surface area contributed by atoms with Gasteiger partial charge < -0.3 is 14.9 Å². The minimum atomic E-state index is -1.29. The summed E-state index contributed by atoms with van der Waals surface area (Å²) < 4.78 is 4.99. The Balaban J connectivity index is 2.42. The number of para-hydroxylation sites is 1. The highest BCUT2D eigenvalue weighted by Gasteiger charge is 2.19. The van der Waals surface area contributed by atoms with E-state index in [1.807, 2.05) is 0 Å². The third-order valence-electron chi connectivity index (χ3n) is 2.86. The fraction of sp³-hybridized carbons (Fsp3) is 0.0667. The molecule has 2 aromatic carbocycles. The van der Waals surface area contributed by atoms with Crippen LogP contribution in [0, 0.1) is 0 Å². The Hall–Kier alpha value is -2.82. The molecule has 0 atom stereocenters. The number of ether oxygens (including phenoxy) is 1. The van der Waals surface area contributed by atoms with Crippen LogP contribution in [-0.4, -0.2) is 29.1 Å². The number of aromatic hydroxyl groups is 1. The lowest BCUT2D eigenvalue weighted by Gasteiger charge is -2.07. The largest absolute Gasteiger partial charge is 0.506 e. The maximum Gasteiger partial charge on any atom is 0.339 e. The van der Waals surface area contributed by atoms with Gasteiger partial charge in [0.05, 0.1) is 12.7 Å². The minimum Gasteiger partial charge on any atom is -0.506 e. The van der Waals surface area contributed by atoms with E-state index in [1.54, 1.807) is 24.3 Å². The number of benzene rings is 2. The van der Waals surface area contributed by atoms with Crippen molar-refractivity contribution in [3.63, 3.8) is 0 Å². The van der Waals surface area contributed by atoms with E-state index in [-0.39, 0.29) is 11.1 Å². The predicted molar refractivity (Wildman–Crippen MR) is 71.5 cm³/mol. The van der Waals surface area contributed by atoms with Gasteiger partial charge >= 0.3 is 5.97 Å². The summed E-state index contributed by atoms with van der Waals surface area (Å²) in [7, 11) is 1.51. The summed E-state index contributed by atoms with van der Waals surface area (Å²) in [6, 6.07) is 10.4. The van der Waals surface area contributed by atoms with E-state index in [0.717, 1.165) is 0 Å². The van der Waals surface area contributed by atoms with Crippen LogP contribution in [0.5, 0.6) is 11.5 Å². The van der Waals surface area contributed by atoms with Gasteiger partial charge in [0.2, 0.25) is 0 Å². The van der Waals surface area contributed by atoms with E-state index in [4.69, 9.17) is 9.84 Å². The quantitative estimate of drug-likeness (QED) is 0.834. The number of phenols is 1. The molecule has 2 rings (SSSR count). The standard InChI is InChI=1S/C15H12O5/c1-20-10-7-5-9(6-8-10)13(16)11-3-2-4-12(14(11)17)15(18)19/h2-8,17H,1H3,(H,18,19). The first-order valence-corrected chi connectivity index (χ1v) is 5.78. The van der Waals surface area contributed by atoms with E-state index >= 15 is 0 Å². The molecule has 0 unspecified atom stereocenters. The molecule has 2 N–H and O–H groups in total. The molecule has 5 heteroatoms. The molecule has 5 nitrogen and oxygen atoms in total. The smallest absolute Gasteiger partial charge is 0.339 e. The Kier molecular flexibility index (Phi) is 3.70. The van der Waals surface area contributed by atoms with Gasteiger partial charge in [0.15, 0.2) is 5.78 Å². The highest BCUT2D eigenvalue weighted by molar-refractivity contribution is 6.12. The molecule has 102 valence electrons. The lowest BCUT2D eigenvalue weighted by Crippen LogP contribution is -2.05. The summed E-state index contributed by atoms with van der Waals surface area (Å²) in [5.41, 5.74) is -0.0110. The van der Waals surface area contributed by atoms with Crippen molar-refractivity contribution in [2.75, 3.05) is 7.11 Å². The summed E-state index contributed by atoms with van der Waals surface area (Å²) in [4.78, 5) is 23.2. The van der Waals surface area contributed by atoms with Gasteiger partial charge in [0.1, 0.15) is 17.1 Å². The summed E-state index contributed by atoms with van der Waals surface area (Å²) in [6.45, 7) is 0. The molecule has 0 spiro atoms. The fourth-order valence-corrected chi connectivity index (χ4v) is 1.80. The molecular formula is C15H12O5. The minimum absolute atomic E-state index is 0.0462. The number of carboxylic acid groups (broad SMARTS) is 1. The van der Waals surface area contributed by atoms with Crippen LogP contribution < -0.4 is 4.74 Å². The predicted octanol–water partition coefficient (Wildman–Crippen LogP) is 2.33. The molecule has 0 fully saturated rings. The van der Waals surface area contributed by atoms with Crippen LogP contribution >= 0.6 is 0 Å². The topological polar surface area (TPSA) is 83.8 Å². The molecule has 0 saturated carbocycles. The zero-order valence-electron chi connectivity index (χ0n) is 10.7. The first-order chi connectivity index (χ1) is 9.54. The van der Waals surface area contributed by atoms with Crippen LogP contribution in [0.15, 0.2) is 42.5 Å². The van der Waals surface area contributed by atoms with Crippen molar-refractivity contribution in [1.82, 2.24) is 0 Å². The van der Waals surface area contributed by atoms with Gasteiger partial charge in [-0.15, -0.1) is 0 Å². The molecule has 0 radical (unpaired) electrons. The fourth-order valence-electron chi connectivity index (χ4n) is 1.80. The lowest BCUT2D eigenvalue weighted by molar-refractivity contribution is 0.0693. The molecule has 0 aliphatic carbocycles. The number of hydrogen-bond acceptors (Lipinski definition) is 4. The summed E-state index contributed by atoms with van der Waals surface area (Å²) in [6.07, 6.45) is 0. The second-order valence-electron chi connectivity index (χ2n) is 4.06. The molecule has 0 aromatic heterocycles. The van der Waals surface area contributed by atoms with Gasteiger partial charge in [0.25, 0.3) is 0 Å². The Labute approximate surface area is 115 Å². The van der Waals surface area contributed by atoms with Gasteiger partial charge in [-0.1, -0.05) is 6.07 Å². The molecule has 0 amide bonds. The monoisotopic (exact) mass is 272 g/mol. The number of methoxy groups -OCH3 is 1. The van der Waals surface area contributed by atoms with Crippen LogP contribution in [0.25, 0.3) is 0 Å². The molecule has 0 saturated heterocycles. The Morgan fingerprint density at radius 3 is 2.15 bits per heavy atom. The zero-order chi connectivity index (χ0) is 14.7. The van der Waals surface area contributed by atoms with Gasteiger partial charge in [-0.3, -0.25) is 4.79 Å². The van der Waals surface area contributed by atoms with Gasteiger partial charge in [-0.05, 0) is 36.4 Å². The van der Waals surface area contributed by atoms with Crippen molar-refractivity contribution >= 4 is 11.8 Å². The number of ketones is 1. The number of carbonyl (C=O) groups excluding carboxylic acids is 1. The number of hydrogen-bond donors (Lipinski definition) is 2. The molecular weight excluding hydrogens is 260 g/mol. The maximum atomic E-state index is 12.2.